The number of ether oxygens (including phenoxy) is 1. The van der Waals surface area contributed by atoms with Crippen molar-refractivity contribution < 1.29 is 4.74 Å². The first kappa shape index (κ1) is 21.2. The lowest BCUT2D eigenvalue weighted by Crippen LogP contribution is -2.51. The first-order valence-corrected chi connectivity index (χ1v) is 11.1. The van der Waals surface area contributed by atoms with E-state index in [-0.39, 0.29) is 0 Å². The van der Waals surface area contributed by atoms with Crippen molar-refractivity contribution in [3.63, 3.8) is 0 Å². The zero-order valence-electron chi connectivity index (χ0n) is 17.5. The number of methoxy groups -OCH3 is 1. The van der Waals surface area contributed by atoms with Gasteiger partial charge in [0.25, 0.3) is 0 Å². The van der Waals surface area contributed by atoms with Gasteiger partial charge in [-0.25, -0.2) is 0 Å². The third kappa shape index (κ3) is 7.19. The first-order valence-electron chi connectivity index (χ1n) is 11.1. The summed E-state index contributed by atoms with van der Waals surface area (Å²) in [5.74, 6) is 1.81. The Hall–Kier alpha value is -0.120. The maximum atomic E-state index is 5.50. The number of rotatable bonds is 10. The number of hydrogen-bond donors (Lipinski definition) is 0. The van der Waals surface area contributed by atoms with Gasteiger partial charge in [-0.1, -0.05) is 33.6 Å². The molecule has 0 N–H and O–H groups in total. The summed E-state index contributed by atoms with van der Waals surface area (Å²) in [7, 11) is 1.87. The van der Waals surface area contributed by atoms with Crippen LogP contribution in [0.4, 0.5) is 0 Å². The van der Waals surface area contributed by atoms with E-state index in [1.165, 1.54) is 90.5 Å². The lowest BCUT2D eigenvalue weighted by molar-refractivity contribution is 0.0534. The molecule has 1 saturated carbocycles. The van der Waals surface area contributed by atoms with Crippen LogP contribution in [0.1, 0.15) is 78.6 Å². The summed E-state index contributed by atoms with van der Waals surface area (Å²) in [6, 6.07) is 0.826. The van der Waals surface area contributed by atoms with Crippen LogP contribution >= 0.6 is 0 Å². The Labute approximate surface area is 157 Å². The molecule has 2 fully saturated rings. The fourth-order valence-electron chi connectivity index (χ4n) is 5.00. The van der Waals surface area contributed by atoms with Crippen molar-refractivity contribution >= 4 is 0 Å². The highest BCUT2D eigenvalue weighted by Crippen LogP contribution is 2.30. The Kier molecular flexibility index (Phi) is 9.80. The van der Waals surface area contributed by atoms with E-state index >= 15 is 0 Å². The zero-order valence-corrected chi connectivity index (χ0v) is 17.5. The summed E-state index contributed by atoms with van der Waals surface area (Å²) in [6.07, 6.45) is 12.8. The molecule has 2 rings (SSSR count). The summed E-state index contributed by atoms with van der Waals surface area (Å²) < 4.78 is 5.50. The molecule has 0 aromatic carbocycles. The zero-order chi connectivity index (χ0) is 18.1. The summed E-state index contributed by atoms with van der Waals surface area (Å²) in [5.41, 5.74) is 0. The second-order valence-corrected chi connectivity index (χ2v) is 8.75. The van der Waals surface area contributed by atoms with Crippen molar-refractivity contribution in [1.82, 2.24) is 9.80 Å². The first-order chi connectivity index (χ1) is 12.2. The number of nitrogens with zero attached hydrogens (tertiary/aromatic N) is 2. The third-order valence-electron chi connectivity index (χ3n) is 6.78. The van der Waals surface area contributed by atoms with Gasteiger partial charge < -0.3 is 9.64 Å². The largest absolute Gasteiger partial charge is 0.381 e. The summed E-state index contributed by atoms with van der Waals surface area (Å²) in [4.78, 5) is 5.47. The average molecular weight is 353 g/mol. The van der Waals surface area contributed by atoms with Gasteiger partial charge in [0.15, 0.2) is 0 Å². The number of hydrogen-bond acceptors (Lipinski definition) is 3. The lowest BCUT2D eigenvalue weighted by atomic mass is 9.83. The highest BCUT2D eigenvalue weighted by molar-refractivity contribution is 4.79. The summed E-state index contributed by atoms with van der Waals surface area (Å²) >= 11 is 0. The molecule has 2 atom stereocenters. The monoisotopic (exact) mass is 352 g/mol. The van der Waals surface area contributed by atoms with E-state index < -0.39 is 0 Å². The van der Waals surface area contributed by atoms with Crippen molar-refractivity contribution in [2.75, 3.05) is 39.8 Å². The topological polar surface area (TPSA) is 15.7 Å². The molecule has 1 heterocycles. The van der Waals surface area contributed by atoms with E-state index in [1.807, 2.05) is 7.11 Å². The molecule has 3 heteroatoms. The van der Waals surface area contributed by atoms with Crippen molar-refractivity contribution in [1.29, 1.82) is 0 Å². The van der Waals surface area contributed by atoms with Crippen LogP contribution in [0.15, 0.2) is 0 Å². The van der Waals surface area contributed by atoms with E-state index in [0.29, 0.717) is 6.10 Å². The van der Waals surface area contributed by atoms with Crippen molar-refractivity contribution in [3.05, 3.63) is 0 Å². The molecular weight excluding hydrogens is 308 g/mol. The normalized spacial score (nSPS) is 28.8. The molecule has 1 aliphatic heterocycles. The molecule has 2 aliphatic rings. The molecule has 0 spiro atoms. The molecule has 1 aliphatic carbocycles. The van der Waals surface area contributed by atoms with Gasteiger partial charge in [0, 0.05) is 45.9 Å². The third-order valence-corrected chi connectivity index (χ3v) is 6.78. The maximum Gasteiger partial charge on any atom is 0.0571 e. The van der Waals surface area contributed by atoms with Crippen LogP contribution in [0, 0.1) is 11.8 Å². The molecule has 3 nitrogen and oxygen atoms in total. The molecule has 0 radical (unpaired) electrons. The van der Waals surface area contributed by atoms with Gasteiger partial charge >= 0.3 is 0 Å². The van der Waals surface area contributed by atoms with E-state index in [2.05, 4.69) is 30.6 Å². The van der Waals surface area contributed by atoms with Gasteiger partial charge in [0.1, 0.15) is 0 Å². The van der Waals surface area contributed by atoms with E-state index in [9.17, 15) is 0 Å². The summed E-state index contributed by atoms with van der Waals surface area (Å²) in [6.45, 7) is 13.6. The highest BCUT2D eigenvalue weighted by Gasteiger charge is 2.24. The minimum Gasteiger partial charge on any atom is -0.381 e. The lowest BCUT2D eigenvalue weighted by Gasteiger charge is -2.40. The standard InChI is InChI=1S/C22H44N2O/c1-5-7-21(6-2)24-16-14-23(15-17-24)18-19(3)8-9-20-10-12-22(25-4)13-11-20/h19-22H,5-18H2,1-4H3. The Morgan fingerprint density at radius 2 is 1.64 bits per heavy atom. The molecule has 0 amide bonds. The second kappa shape index (κ2) is 11.6. The Morgan fingerprint density at radius 1 is 0.960 bits per heavy atom. The van der Waals surface area contributed by atoms with Gasteiger partial charge in [-0.2, -0.15) is 0 Å². The van der Waals surface area contributed by atoms with Crippen LogP contribution in [0.5, 0.6) is 0 Å². The van der Waals surface area contributed by atoms with Gasteiger partial charge in [0.2, 0.25) is 0 Å². The smallest absolute Gasteiger partial charge is 0.0571 e. The molecule has 2 unspecified atom stereocenters. The predicted octanol–water partition coefficient (Wildman–Crippen LogP) is 4.80. The maximum absolute atomic E-state index is 5.50. The Morgan fingerprint density at radius 3 is 2.20 bits per heavy atom. The molecule has 25 heavy (non-hydrogen) atoms. The quantitative estimate of drug-likeness (QED) is 0.561. The Bertz CT molecular complexity index is 333. The van der Waals surface area contributed by atoms with Crippen LogP contribution in [-0.4, -0.2) is 61.8 Å². The van der Waals surface area contributed by atoms with Crippen LogP contribution < -0.4 is 0 Å². The highest BCUT2D eigenvalue weighted by atomic mass is 16.5. The van der Waals surface area contributed by atoms with E-state index in [0.717, 1.165) is 17.9 Å². The van der Waals surface area contributed by atoms with E-state index in [1.54, 1.807) is 0 Å². The molecular formula is C22H44N2O. The minimum absolute atomic E-state index is 0.546. The Balaban J connectivity index is 1.59. The predicted molar refractivity (Wildman–Crippen MR) is 108 cm³/mol. The SMILES string of the molecule is CCCC(CC)N1CCN(CC(C)CCC2CCC(OC)CC2)CC1. The van der Waals surface area contributed by atoms with Crippen LogP contribution in [0.25, 0.3) is 0 Å². The molecule has 1 saturated heterocycles. The van der Waals surface area contributed by atoms with Gasteiger partial charge in [-0.15, -0.1) is 0 Å². The van der Waals surface area contributed by atoms with Crippen LogP contribution in [0.3, 0.4) is 0 Å². The fraction of sp³-hybridized carbons (Fsp3) is 1.00. The fourth-order valence-corrected chi connectivity index (χ4v) is 5.00. The minimum atomic E-state index is 0.546. The number of piperazine rings is 1. The molecule has 0 bridgehead atoms. The van der Waals surface area contributed by atoms with Crippen molar-refractivity contribution in [2.24, 2.45) is 11.8 Å². The second-order valence-electron chi connectivity index (χ2n) is 8.75. The molecule has 0 aromatic heterocycles. The molecule has 148 valence electrons. The van der Waals surface area contributed by atoms with Crippen LogP contribution in [0.2, 0.25) is 0 Å². The van der Waals surface area contributed by atoms with Gasteiger partial charge in [-0.05, 0) is 56.8 Å². The average Bonchev–Trinajstić information content (AvgIpc) is 2.65. The van der Waals surface area contributed by atoms with Crippen molar-refractivity contribution in [2.45, 2.75) is 90.7 Å². The van der Waals surface area contributed by atoms with Crippen LogP contribution in [-0.2, 0) is 4.74 Å². The van der Waals surface area contributed by atoms with Gasteiger partial charge in [0.05, 0.1) is 6.10 Å². The van der Waals surface area contributed by atoms with Gasteiger partial charge in [-0.3, -0.25) is 4.90 Å². The van der Waals surface area contributed by atoms with E-state index in [4.69, 9.17) is 4.74 Å². The van der Waals surface area contributed by atoms with Crippen molar-refractivity contribution in [3.8, 4) is 0 Å². The summed E-state index contributed by atoms with van der Waals surface area (Å²) in [5, 5.41) is 0. The molecule has 0 aromatic rings.